The highest BCUT2D eigenvalue weighted by Gasteiger charge is 2.23. The van der Waals surface area contributed by atoms with Crippen LogP contribution in [-0.2, 0) is 11.8 Å². The standard InChI is InChI=1S/C22H26N4O2/c1-16-3-5-17(6-4-16)21(26-9-11-28-12-10-26)14-23-22(27)18-7-8-20-19(13-18)24-15-25(20)2/h3-8,13,15,21H,9-12,14H2,1-2H3,(H,23,27). The first-order chi connectivity index (χ1) is 13.6. The molecule has 1 unspecified atom stereocenters. The van der Waals surface area contributed by atoms with Gasteiger partial charge in [0.2, 0.25) is 0 Å². The first kappa shape index (κ1) is 18.7. The summed E-state index contributed by atoms with van der Waals surface area (Å²) < 4.78 is 7.45. The van der Waals surface area contributed by atoms with Crippen molar-refractivity contribution in [3.8, 4) is 0 Å². The summed E-state index contributed by atoms with van der Waals surface area (Å²) >= 11 is 0. The Morgan fingerprint density at radius 2 is 1.93 bits per heavy atom. The second kappa shape index (κ2) is 8.12. The number of amides is 1. The van der Waals surface area contributed by atoms with Gasteiger partial charge in [0.15, 0.2) is 0 Å². The minimum absolute atomic E-state index is 0.0714. The fourth-order valence-corrected chi connectivity index (χ4v) is 3.70. The Bertz CT molecular complexity index is 958. The number of benzene rings is 2. The SMILES string of the molecule is Cc1ccc(C(CNC(=O)c2ccc3c(c2)ncn3C)N2CCOCC2)cc1. The summed E-state index contributed by atoms with van der Waals surface area (Å²) in [7, 11) is 1.95. The molecule has 1 atom stereocenters. The molecule has 2 heterocycles. The average Bonchev–Trinajstić information content (AvgIpc) is 3.10. The molecule has 0 bridgehead atoms. The van der Waals surface area contributed by atoms with Gasteiger partial charge in [-0.15, -0.1) is 0 Å². The van der Waals surface area contributed by atoms with E-state index >= 15 is 0 Å². The topological polar surface area (TPSA) is 59.4 Å². The molecule has 1 saturated heterocycles. The van der Waals surface area contributed by atoms with Crippen molar-refractivity contribution in [3.05, 3.63) is 65.5 Å². The summed E-state index contributed by atoms with van der Waals surface area (Å²) in [6, 6.07) is 14.3. The van der Waals surface area contributed by atoms with Gasteiger partial charge in [-0.1, -0.05) is 29.8 Å². The number of rotatable bonds is 5. The van der Waals surface area contributed by atoms with Crippen LogP contribution in [0.5, 0.6) is 0 Å². The number of fused-ring (bicyclic) bond motifs is 1. The van der Waals surface area contributed by atoms with E-state index in [1.807, 2.05) is 29.8 Å². The van der Waals surface area contributed by atoms with Crippen LogP contribution in [-0.4, -0.2) is 53.2 Å². The number of aryl methyl sites for hydroxylation is 2. The molecule has 1 aliphatic heterocycles. The third-order valence-corrected chi connectivity index (χ3v) is 5.39. The molecule has 28 heavy (non-hydrogen) atoms. The van der Waals surface area contributed by atoms with Gasteiger partial charge < -0.3 is 14.6 Å². The fraction of sp³-hybridized carbons (Fsp3) is 0.364. The van der Waals surface area contributed by atoms with Crippen molar-refractivity contribution in [2.75, 3.05) is 32.8 Å². The summed E-state index contributed by atoms with van der Waals surface area (Å²) in [5, 5.41) is 3.12. The lowest BCUT2D eigenvalue weighted by atomic mass is 10.0. The van der Waals surface area contributed by atoms with Gasteiger partial charge in [-0.05, 0) is 30.7 Å². The highest BCUT2D eigenvalue weighted by molar-refractivity contribution is 5.97. The van der Waals surface area contributed by atoms with Crippen LogP contribution in [0.2, 0.25) is 0 Å². The van der Waals surface area contributed by atoms with Gasteiger partial charge in [-0.2, -0.15) is 0 Å². The van der Waals surface area contributed by atoms with E-state index in [2.05, 4.69) is 46.4 Å². The first-order valence-electron chi connectivity index (χ1n) is 9.69. The van der Waals surface area contributed by atoms with Crippen molar-refractivity contribution in [1.29, 1.82) is 0 Å². The molecular formula is C22H26N4O2. The van der Waals surface area contributed by atoms with Crippen LogP contribution in [0.1, 0.15) is 27.5 Å². The number of carbonyl (C=O) groups is 1. The maximum Gasteiger partial charge on any atom is 0.251 e. The molecular weight excluding hydrogens is 352 g/mol. The molecule has 0 spiro atoms. The second-order valence-electron chi connectivity index (χ2n) is 7.34. The van der Waals surface area contributed by atoms with Gasteiger partial charge in [0.05, 0.1) is 36.6 Å². The maximum absolute atomic E-state index is 12.8. The van der Waals surface area contributed by atoms with Gasteiger partial charge in [0.1, 0.15) is 0 Å². The summed E-state index contributed by atoms with van der Waals surface area (Å²) in [4.78, 5) is 19.5. The summed E-state index contributed by atoms with van der Waals surface area (Å²) in [5.74, 6) is -0.0714. The van der Waals surface area contributed by atoms with Gasteiger partial charge in [0, 0.05) is 32.2 Å². The molecule has 1 N–H and O–H groups in total. The van der Waals surface area contributed by atoms with Gasteiger partial charge in [-0.25, -0.2) is 4.98 Å². The molecule has 1 aliphatic rings. The molecule has 0 aliphatic carbocycles. The molecule has 3 aromatic rings. The number of nitrogens with one attached hydrogen (secondary N) is 1. The van der Waals surface area contributed by atoms with E-state index in [1.165, 1.54) is 11.1 Å². The summed E-state index contributed by atoms with van der Waals surface area (Å²) in [6.45, 7) is 5.84. The Morgan fingerprint density at radius 1 is 1.18 bits per heavy atom. The molecule has 1 fully saturated rings. The number of ether oxygens (including phenoxy) is 1. The van der Waals surface area contributed by atoms with Crippen molar-refractivity contribution >= 4 is 16.9 Å². The quantitative estimate of drug-likeness (QED) is 0.742. The van der Waals surface area contributed by atoms with Crippen LogP contribution in [0.15, 0.2) is 48.8 Å². The Hall–Kier alpha value is -2.70. The molecule has 0 saturated carbocycles. The highest BCUT2D eigenvalue weighted by Crippen LogP contribution is 2.22. The number of hydrogen-bond acceptors (Lipinski definition) is 4. The van der Waals surface area contributed by atoms with E-state index in [0.717, 1.165) is 37.3 Å². The smallest absolute Gasteiger partial charge is 0.251 e. The Kier molecular flexibility index (Phi) is 5.41. The van der Waals surface area contributed by atoms with E-state index in [9.17, 15) is 4.79 Å². The average molecular weight is 378 g/mol. The van der Waals surface area contributed by atoms with E-state index in [0.29, 0.717) is 12.1 Å². The van der Waals surface area contributed by atoms with Crippen molar-refractivity contribution < 1.29 is 9.53 Å². The molecule has 1 amide bonds. The molecule has 4 rings (SSSR count). The number of hydrogen-bond donors (Lipinski definition) is 1. The third-order valence-electron chi connectivity index (χ3n) is 5.39. The zero-order valence-electron chi connectivity index (χ0n) is 16.4. The monoisotopic (exact) mass is 378 g/mol. The lowest BCUT2D eigenvalue weighted by molar-refractivity contribution is 0.0162. The highest BCUT2D eigenvalue weighted by atomic mass is 16.5. The summed E-state index contributed by atoms with van der Waals surface area (Å²) in [5.41, 5.74) is 4.93. The van der Waals surface area contributed by atoms with Gasteiger partial charge >= 0.3 is 0 Å². The largest absolute Gasteiger partial charge is 0.379 e. The van der Waals surface area contributed by atoms with Gasteiger partial charge in [0.25, 0.3) is 5.91 Å². The molecule has 1 aromatic heterocycles. The minimum atomic E-state index is -0.0714. The Balaban J connectivity index is 1.50. The predicted molar refractivity (Wildman–Crippen MR) is 109 cm³/mol. The van der Waals surface area contributed by atoms with E-state index in [4.69, 9.17) is 4.74 Å². The van der Waals surface area contributed by atoms with E-state index in [1.54, 1.807) is 6.33 Å². The van der Waals surface area contributed by atoms with E-state index in [-0.39, 0.29) is 11.9 Å². The molecule has 6 nitrogen and oxygen atoms in total. The van der Waals surface area contributed by atoms with Crippen LogP contribution in [0.3, 0.4) is 0 Å². The van der Waals surface area contributed by atoms with Crippen molar-refractivity contribution in [2.45, 2.75) is 13.0 Å². The lowest BCUT2D eigenvalue weighted by Crippen LogP contribution is -2.43. The van der Waals surface area contributed by atoms with Gasteiger partial charge in [-0.3, -0.25) is 9.69 Å². The number of aromatic nitrogens is 2. The van der Waals surface area contributed by atoms with E-state index < -0.39 is 0 Å². The van der Waals surface area contributed by atoms with Crippen LogP contribution >= 0.6 is 0 Å². The van der Waals surface area contributed by atoms with Crippen molar-refractivity contribution in [1.82, 2.24) is 19.8 Å². The second-order valence-corrected chi connectivity index (χ2v) is 7.34. The Labute approximate surface area is 165 Å². The summed E-state index contributed by atoms with van der Waals surface area (Å²) in [6.07, 6.45) is 1.76. The Morgan fingerprint density at radius 3 is 2.68 bits per heavy atom. The van der Waals surface area contributed by atoms with Crippen LogP contribution in [0, 0.1) is 6.92 Å². The molecule has 146 valence electrons. The van der Waals surface area contributed by atoms with Crippen LogP contribution in [0.25, 0.3) is 11.0 Å². The number of nitrogens with zero attached hydrogens (tertiary/aromatic N) is 3. The molecule has 6 heteroatoms. The normalized spacial score (nSPS) is 16.2. The molecule has 2 aromatic carbocycles. The zero-order valence-corrected chi connectivity index (χ0v) is 16.4. The first-order valence-corrected chi connectivity index (χ1v) is 9.69. The van der Waals surface area contributed by atoms with Crippen LogP contribution in [0.4, 0.5) is 0 Å². The lowest BCUT2D eigenvalue weighted by Gasteiger charge is -2.35. The van der Waals surface area contributed by atoms with Crippen LogP contribution < -0.4 is 5.32 Å². The predicted octanol–water partition coefficient (Wildman–Crippen LogP) is 2.69. The van der Waals surface area contributed by atoms with Crippen molar-refractivity contribution in [3.63, 3.8) is 0 Å². The third kappa shape index (κ3) is 3.93. The maximum atomic E-state index is 12.8. The number of imidazole rings is 1. The van der Waals surface area contributed by atoms with Crippen molar-refractivity contribution in [2.24, 2.45) is 7.05 Å². The number of morpholine rings is 1. The minimum Gasteiger partial charge on any atom is -0.379 e. The fourth-order valence-electron chi connectivity index (χ4n) is 3.70. The molecule has 0 radical (unpaired) electrons. The zero-order chi connectivity index (χ0) is 19.5. The number of carbonyl (C=O) groups excluding carboxylic acids is 1.